The largest absolute Gasteiger partial charge is 0.471 e. The van der Waals surface area contributed by atoms with E-state index in [0.29, 0.717) is 30.0 Å². The van der Waals surface area contributed by atoms with Gasteiger partial charge in [0.2, 0.25) is 5.88 Å². The second-order valence-electron chi connectivity index (χ2n) is 5.65. The molecule has 0 amide bonds. The third-order valence-corrected chi connectivity index (χ3v) is 3.83. The Bertz CT molecular complexity index is 862. The van der Waals surface area contributed by atoms with Crippen LogP contribution in [-0.2, 0) is 13.7 Å². The van der Waals surface area contributed by atoms with Crippen molar-refractivity contribution < 1.29 is 14.6 Å². The molecule has 134 valence electrons. The minimum atomic E-state index is -0.0497. The highest BCUT2D eigenvalue weighted by atomic mass is 16.5. The number of carbonyl (C=O) groups excluding carboxylic acids is 1. The van der Waals surface area contributed by atoms with Crippen molar-refractivity contribution in [2.45, 2.75) is 19.4 Å². The summed E-state index contributed by atoms with van der Waals surface area (Å²) >= 11 is 0. The van der Waals surface area contributed by atoms with Crippen LogP contribution in [-0.4, -0.2) is 42.5 Å². The van der Waals surface area contributed by atoms with Crippen molar-refractivity contribution in [3.63, 3.8) is 0 Å². The molecule has 3 heterocycles. The number of aryl methyl sites for hydroxylation is 1. The van der Waals surface area contributed by atoms with E-state index < -0.39 is 0 Å². The molecule has 0 aliphatic rings. The maximum Gasteiger partial charge on any atom is 0.213 e. The number of rotatable bonds is 8. The van der Waals surface area contributed by atoms with E-state index in [1.165, 1.54) is 6.20 Å². The minimum Gasteiger partial charge on any atom is -0.471 e. The van der Waals surface area contributed by atoms with Gasteiger partial charge >= 0.3 is 0 Å². The van der Waals surface area contributed by atoms with Crippen molar-refractivity contribution in [3.05, 3.63) is 54.0 Å². The molecule has 0 unspecified atom stereocenters. The van der Waals surface area contributed by atoms with Crippen molar-refractivity contribution in [1.82, 2.24) is 25.0 Å². The van der Waals surface area contributed by atoms with Crippen LogP contribution in [0.15, 0.2) is 42.7 Å². The highest BCUT2D eigenvalue weighted by molar-refractivity contribution is 5.95. The number of nitrogens with zero attached hydrogens (tertiary/aromatic N) is 5. The van der Waals surface area contributed by atoms with Crippen molar-refractivity contribution in [3.8, 4) is 17.3 Å². The average molecular weight is 353 g/mol. The van der Waals surface area contributed by atoms with E-state index in [2.05, 4.69) is 20.3 Å². The SMILES string of the molecule is Cn1nnc(-c2ccccn2)c1COc1ccc(C(=O)CCCO)cn1. The van der Waals surface area contributed by atoms with Crippen LogP contribution in [0.2, 0.25) is 0 Å². The summed E-state index contributed by atoms with van der Waals surface area (Å²) in [5, 5.41) is 17.0. The number of ketones is 1. The molecule has 0 saturated carbocycles. The number of ether oxygens (including phenoxy) is 1. The van der Waals surface area contributed by atoms with Gasteiger partial charge in [-0.3, -0.25) is 9.78 Å². The molecule has 0 bridgehead atoms. The van der Waals surface area contributed by atoms with Gasteiger partial charge in [0.05, 0.1) is 5.69 Å². The molecule has 0 saturated heterocycles. The normalized spacial score (nSPS) is 10.7. The number of hydrogen-bond donors (Lipinski definition) is 1. The third-order valence-electron chi connectivity index (χ3n) is 3.83. The fourth-order valence-corrected chi connectivity index (χ4v) is 2.40. The molecule has 0 fully saturated rings. The molecule has 26 heavy (non-hydrogen) atoms. The van der Waals surface area contributed by atoms with Crippen LogP contribution < -0.4 is 4.74 Å². The molecule has 0 atom stereocenters. The van der Waals surface area contributed by atoms with E-state index >= 15 is 0 Å². The summed E-state index contributed by atoms with van der Waals surface area (Å²) in [6, 6.07) is 8.90. The fraction of sp³-hybridized carbons (Fsp3) is 0.278. The molecule has 0 spiro atoms. The van der Waals surface area contributed by atoms with Gasteiger partial charge in [-0.15, -0.1) is 5.10 Å². The first-order valence-corrected chi connectivity index (χ1v) is 8.22. The highest BCUT2D eigenvalue weighted by Crippen LogP contribution is 2.20. The second-order valence-corrected chi connectivity index (χ2v) is 5.65. The van der Waals surface area contributed by atoms with Gasteiger partial charge in [-0.05, 0) is 24.6 Å². The van der Waals surface area contributed by atoms with E-state index in [0.717, 1.165) is 11.4 Å². The topological polar surface area (TPSA) is 103 Å². The number of carbonyl (C=O) groups is 1. The lowest BCUT2D eigenvalue weighted by Crippen LogP contribution is -2.06. The molecule has 0 aliphatic carbocycles. The summed E-state index contributed by atoms with van der Waals surface area (Å²) in [6.45, 7) is 0.220. The van der Waals surface area contributed by atoms with E-state index in [1.807, 2.05) is 18.2 Å². The minimum absolute atomic E-state index is 0.00228. The Kier molecular flexibility index (Phi) is 5.65. The van der Waals surface area contributed by atoms with Crippen molar-refractivity contribution in [1.29, 1.82) is 0 Å². The van der Waals surface area contributed by atoms with E-state index in [9.17, 15) is 4.79 Å². The lowest BCUT2D eigenvalue weighted by molar-refractivity contribution is 0.0971. The van der Waals surface area contributed by atoms with Crippen molar-refractivity contribution in [2.75, 3.05) is 6.61 Å². The van der Waals surface area contributed by atoms with Crippen LogP contribution in [0.25, 0.3) is 11.4 Å². The van der Waals surface area contributed by atoms with Crippen molar-refractivity contribution >= 4 is 5.78 Å². The van der Waals surface area contributed by atoms with Crippen molar-refractivity contribution in [2.24, 2.45) is 7.05 Å². The Morgan fingerprint density at radius 3 is 2.81 bits per heavy atom. The summed E-state index contributed by atoms with van der Waals surface area (Å²) in [6.07, 6.45) is 3.92. The number of hydrogen-bond acceptors (Lipinski definition) is 7. The predicted octanol–water partition coefficient (Wildman–Crippen LogP) is 1.81. The van der Waals surface area contributed by atoms with Crippen LogP contribution in [0.3, 0.4) is 0 Å². The first kappa shape index (κ1) is 17.7. The first-order chi connectivity index (χ1) is 12.7. The van der Waals surface area contributed by atoms with Gasteiger partial charge in [-0.25, -0.2) is 9.67 Å². The Morgan fingerprint density at radius 1 is 1.23 bits per heavy atom. The van der Waals surface area contributed by atoms with Gasteiger partial charge in [-0.2, -0.15) is 0 Å². The molecule has 3 aromatic heterocycles. The Labute approximate surface area is 150 Å². The fourth-order valence-electron chi connectivity index (χ4n) is 2.40. The van der Waals surface area contributed by atoms with Gasteiger partial charge in [-0.1, -0.05) is 11.3 Å². The lowest BCUT2D eigenvalue weighted by atomic mass is 10.1. The third kappa shape index (κ3) is 4.09. The summed E-state index contributed by atoms with van der Waals surface area (Å²) in [7, 11) is 1.79. The molecule has 3 aromatic rings. The molecule has 3 rings (SSSR count). The number of pyridine rings is 2. The standard InChI is InChI=1S/C18H19N5O3/c1-23-15(18(21-22-23)14-5-2-3-9-19-14)12-26-17-8-7-13(11-20-17)16(25)6-4-10-24/h2-3,5,7-9,11,24H,4,6,10,12H2,1H3. The average Bonchev–Trinajstić information content (AvgIpc) is 3.06. The van der Waals surface area contributed by atoms with Gasteiger partial charge in [0.25, 0.3) is 0 Å². The van der Waals surface area contributed by atoms with Gasteiger partial charge in [0, 0.05) is 44.1 Å². The Morgan fingerprint density at radius 2 is 2.12 bits per heavy atom. The smallest absolute Gasteiger partial charge is 0.213 e. The van der Waals surface area contributed by atoms with Gasteiger partial charge < -0.3 is 9.84 Å². The molecule has 0 aliphatic heterocycles. The maximum absolute atomic E-state index is 11.9. The molecule has 0 aromatic carbocycles. The van der Waals surface area contributed by atoms with Gasteiger partial charge in [0.15, 0.2) is 5.78 Å². The predicted molar refractivity (Wildman–Crippen MR) is 93.5 cm³/mol. The van der Waals surface area contributed by atoms with Crippen LogP contribution in [0, 0.1) is 0 Å². The van der Waals surface area contributed by atoms with E-state index in [-0.39, 0.29) is 19.0 Å². The number of Topliss-reactive ketones (excluding diaryl/α,β-unsaturated/α-hetero) is 1. The molecule has 8 nitrogen and oxygen atoms in total. The zero-order valence-electron chi connectivity index (χ0n) is 14.4. The van der Waals surface area contributed by atoms with Crippen LogP contribution >= 0.6 is 0 Å². The summed E-state index contributed by atoms with van der Waals surface area (Å²) in [4.78, 5) is 20.3. The maximum atomic E-state index is 11.9. The Hall–Kier alpha value is -3.13. The number of aliphatic hydroxyl groups excluding tert-OH is 1. The summed E-state index contributed by atoms with van der Waals surface area (Å²) in [5.74, 6) is 0.350. The molecule has 1 N–H and O–H groups in total. The van der Waals surface area contributed by atoms with Crippen LogP contribution in [0.4, 0.5) is 0 Å². The molecule has 0 radical (unpaired) electrons. The van der Waals surface area contributed by atoms with Crippen LogP contribution in [0.5, 0.6) is 5.88 Å². The Balaban J connectivity index is 1.68. The number of aliphatic hydroxyl groups is 1. The first-order valence-electron chi connectivity index (χ1n) is 8.22. The number of aromatic nitrogens is 5. The van der Waals surface area contributed by atoms with E-state index in [4.69, 9.17) is 9.84 Å². The molecular weight excluding hydrogens is 334 g/mol. The van der Waals surface area contributed by atoms with Gasteiger partial charge in [0.1, 0.15) is 18.0 Å². The molecular formula is C18H19N5O3. The highest BCUT2D eigenvalue weighted by Gasteiger charge is 2.15. The quantitative estimate of drug-likeness (QED) is 0.616. The zero-order chi connectivity index (χ0) is 18.4. The summed E-state index contributed by atoms with van der Waals surface area (Å²) < 4.78 is 7.35. The second kappa shape index (κ2) is 8.30. The lowest BCUT2D eigenvalue weighted by Gasteiger charge is -2.07. The van der Waals surface area contributed by atoms with Crippen LogP contribution in [0.1, 0.15) is 28.9 Å². The molecule has 8 heteroatoms. The van der Waals surface area contributed by atoms with E-state index in [1.54, 1.807) is 30.1 Å². The summed E-state index contributed by atoms with van der Waals surface area (Å²) in [5.41, 5.74) is 2.65. The monoisotopic (exact) mass is 353 g/mol. The zero-order valence-corrected chi connectivity index (χ0v) is 14.4.